The van der Waals surface area contributed by atoms with Crippen LogP contribution in [0.2, 0.25) is 0 Å². The van der Waals surface area contributed by atoms with E-state index in [-0.39, 0.29) is 5.91 Å². The monoisotopic (exact) mass is 359 g/mol. The second-order valence-corrected chi connectivity index (χ2v) is 7.22. The molecule has 27 heavy (non-hydrogen) atoms. The number of nitrogens with one attached hydrogen (secondary N) is 3. The molecule has 3 heterocycles. The Kier molecular flexibility index (Phi) is 3.53. The molecule has 0 aliphatic heterocycles. The number of aryl methyl sites for hydroxylation is 2. The largest absolute Gasteiger partial charge is 0.349 e. The van der Waals surface area contributed by atoms with Crippen molar-refractivity contribution in [2.75, 3.05) is 0 Å². The minimum atomic E-state index is 0.00116. The van der Waals surface area contributed by atoms with Crippen LogP contribution in [-0.4, -0.2) is 32.1 Å². The number of H-pyrrole nitrogens is 2. The van der Waals surface area contributed by atoms with Gasteiger partial charge in [0.1, 0.15) is 0 Å². The summed E-state index contributed by atoms with van der Waals surface area (Å²) in [5, 5.41) is 11.7. The van der Waals surface area contributed by atoms with Gasteiger partial charge in [0.25, 0.3) is 5.91 Å². The van der Waals surface area contributed by atoms with E-state index in [1.165, 1.54) is 5.56 Å². The Labute approximate surface area is 156 Å². The van der Waals surface area contributed by atoms with E-state index >= 15 is 0 Å². The maximum absolute atomic E-state index is 12.2. The van der Waals surface area contributed by atoms with Gasteiger partial charge in [-0.15, -0.1) is 0 Å². The fraction of sp³-hybridized carbons (Fsp3) is 0.286. The average molecular weight is 359 g/mol. The molecule has 1 amide bonds. The van der Waals surface area contributed by atoms with Crippen LogP contribution in [0, 0.1) is 6.92 Å². The van der Waals surface area contributed by atoms with Crippen LogP contribution in [-0.2, 0) is 6.42 Å². The molecule has 0 radical (unpaired) electrons. The zero-order chi connectivity index (χ0) is 18.5. The van der Waals surface area contributed by atoms with Crippen molar-refractivity contribution in [2.24, 2.45) is 0 Å². The third kappa shape index (κ3) is 2.60. The number of hydrogen-bond donors (Lipinski definition) is 3. The SMILES string of the molecule is CCc1c(C)nc2ncc3c(-c4ccc(C(=O)NC5CC5)cc4)[nH][nH]c3c12. The van der Waals surface area contributed by atoms with E-state index in [9.17, 15) is 4.79 Å². The lowest BCUT2D eigenvalue weighted by Gasteiger charge is -2.04. The third-order valence-electron chi connectivity index (χ3n) is 5.35. The Hall–Kier alpha value is -3.15. The van der Waals surface area contributed by atoms with Crippen LogP contribution in [0.25, 0.3) is 33.2 Å². The first-order valence-electron chi connectivity index (χ1n) is 9.41. The molecule has 5 rings (SSSR count). The molecule has 6 nitrogen and oxygen atoms in total. The number of fused-ring (bicyclic) bond motifs is 3. The van der Waals surface area contributed by atoms with E-state index < -0.39 is 0 Å². The van der Waals surface area contributed by atoms with Gasteiger partial charge in [0.2, 0.25) is 0 Å². The molecule has 0 atom stereocenters. The van der Waals surface area contributed by atoms with Crippen LogP contribution in [0.4, 0.5) is 0 Å². The summed E-state index contributed by atoms with van der Waals surface area (Å²) in [6, 6.07) is 8.05. The molecule has 1 fully saturated rings. The summed E-state index contributed by atoms with van der Waals surface area (Å²) in [5.41, 5.74) is 6.75. The molecule has 0 unspecified atom stereocenters. The highest BCUT2D eigenvalue weighted by Crippen LogP contribution is 2.33. The van der Waals surface area contributed by atoms with Crippen LogP contribution >= 0.6 is 0 Å². The average Bonchev–Trinajstić information content (AvgIpc) is 3.28. The zero-order valence-electron chi connectivity index (χ0n) is 15.4. The van der Waals surface area contributed by atoms with Crippen molar-refractivity contribution in [3.8, 4) is 11.3 Å². The smallest absolute Gasteiger partial charge is 0.251 e. The van der Waals surface area contributed by atoms with Crippen LogP contribution in [0.15, 0.2) is 30.5 Å². The summed E-state index contributed by atoms with van der Waals surface area (Å²) in [6.45, 7) is 4.17. The van der Waals surface area contributed by atoms with E-state index in [0.29, 0.717) is 11.6 Å². The normalized spacial score (nSPS) is 14.1. The van der Waals surface area contributed by atoms with Gasteiger partial charge < -0.3 is 5.32 Å². The number of carbonyl (C=O) groups excluding carboxylic acids is 1. The summed E-state index contributed by atoms with van der Waals surface area (Å²) in [5.74, 6) is 0.00116. The molecule has 1 aliphatic carbocycles. The Balaban J connectivity index is 1.56. The molecule has 0 spiro atoms. The van der Waals surface area contributed by atoms with Gasteiger partial charge in [0.15, 0.2) is 5.65 Å². The third-order valence-corrected chi connectivity index (χ3v) is 5.35. The Bertz CT molecular complexity index is 1160. The predicted molar refractivity (Wildman–Crippen MR) is 106 cm³/mol. The number of benzene rings is 1. The van der Waals surface area contributed by atoms with E-state index in [1.807, 2.05) is 37.4 Å². The molecule has 0 saturated heterocycles. The molecular formula is C21H21N5O. The highest BCUT2D eigenvalue weighted by atomic mass is 16.1. The lowest BCUT2D eigenvalue weighted by atomic mass is 10.0. The molecule has 3 aromatic heterocycles. The van der Waals surface area contributed by atoms with Crippen molar-refractivity contribution in [1.82, 2.24) is 25.5 Å². The maximum atomic E-state index is 12.2. The van der Waals surface area contributed by atoms with Gasteiger partial charge in [0.05, 0.1) is 11.2 Å². The minimum absolute atomic E-state index is 0.00116. The summed E-state index contributed by atoms with van der Waals surface area (Å²) in [6.07, 6.45) is 4.96. The number of hydrogen-bond acceptors (Lipinski definition) is 3. The molecule has 136 valence electrons. The summed E-state index contributed by atoms with van der Waals surface area (Å²) in [7, 11) is 0. The Morgan fingerprint density at radius 1 is 1.22 bits per heavy atom. The molecule has 1 saturated carbocycles. The highest BCUT2D eigenvalue weighted by Gasteiger charge is 2.23. The number of nitrogens with zero attached hydrogens (tertiary/aromatic N) is 2. The molecule has 0 bridgehead atoms. The summed E-state index contributed by atoms with van der Waals surface area (Å²) >= 11 is 0. The molecular weight excluding hydrogens is 338 g/mol. The van der Waals surface area contributed by atoms with Gasteiger partial charge >= 0.3 is 0 Å². The molecule has 1 aromatic carbocycles. The van der Waals surface area contributed by atoms with Gasteiger partial charge in [-0.1, -0.05) is 19.1 Å². The fourth-order valence-corrected chi connectivity index (χ4v) is 3.74. The van der Waals surface area contributed by atoms with Gasteiger partial charge in [-0.3, -0.25) is 15.0 Å². The first-order chi connectivity index (χ1) is 13.2. The second kappa shape index (κ2) is 5.94. The zero-order valence-corrected chi connectivity index (χ0v) is 15.4. The number of pyridine rings is 1. The molecule has 6 heteroatoms. The summed E-state index contributed by atoms with van der Waals surface area (Å²) < 4.78 is 0. The molecule has 3 N–H and O–H groups in total. The number of aromatic nitrogens is 4. The van der Waals surface area contributed by atoms with Crippen molar-refractivity contribution in [3.63, 3.8) is 0 Å². The standard InChI is InChI=1S/C21H21N5O/c1-3-15-11(2)23-20-17(15)19-16(10-22-20)18(25-26-19)12-4-6-13(7-5-12)21(27)24-14-8-9-14/h4-7,10,14,25-26H,3,8-9H2,1-2H3,(H,24,27). The lowest BCUT2D eigenvalue weighted by molar-refractivity contribution is 0.0951. The van der Waals surface area contributed by atoms with Crippen molar-refractivity contribution < 1.29 is 4.79 Å². The number of amides is 1. The van der Waals surface area contributed by atoms with E-state index in [4.69, 9.17) is 0 Å². The maximum Gasteiger partial charge on any atom is 0.251 e. The van der Waals surface area contributed by atoms with Crippen LogP contribution in [0.5, 0.6) is 0 Å². The van der Waals surface area contributed by atoms with Crippen LogP contribution in [0.1, 0.15) is 41.4 Å². The second-order valence-electron chi connectivity index (χ2n) is 7.22. The van der Waals surface area contributed by atoms with Gasteiger partial charge in [-0.25, -0.2) is 9.97 Å². The molecule has 4 aromatic rings. The summed E-state index contributed by atoms with van der Waals surface area (Å²) in [4.78, 5) is 21.3. The first-order valence-corrected chi connectivity index (χ1v) is 9.41. The first kappa shape index (κ1) is 16.1. The van der Waals surface area contributed by atoms with Gasteiger partial charge in [-0.2, -0.15) is 0 Å². The van der Waals surface area contributed by atoms with E-state index in [2.05, 4.69) is 32.4 Å². The highest BCUT2D eigenvalue weighted by molar-refractivity contribution is 6.09. The van der Waals surface area contributed by atoms with Gasteiger partial charge in [-0.05, 0) is 43.9 Å². The van der Waals surface area contributed by atoms with E-state index in [1.54, 1.807) is 0 Å². The number of carbonyl (C=O) groups is 1. The Morgan fingerprint density at radius 2 is 2.00 bits per heavy atom. The quantitative estimate of drug-likeness (QED) is 0.517. The van der Waals surface area contributed by atoms with Crippen molar-refractivity contribution >= 4 is 27.8 Å². The molecule has 1 aliphatic rings. The minimum Gasteiger partial charge on any atom is -0.349 e. The van der Waals surface area contributed by atoms with Crippen LogP contribution in [0.3, 0.4) is 0 Å². The van der Waals surface area contributed by atoms with Crippen molar-refractivity contribution in [1.29, 1.82) is 0 Å². The topological polar surface area (TPSA) is 86.5 Å². The Morgan fingerprint density at radius 3 is 2.70 bits per heavy atom. The lowest BCUT2D eigenvalue weighted by Crippen LogP contribution is -2.25. The number of rotatable bonds is 4. The van der Waals surface area contributed by atoms with Crippen molar-refractivity contribution in [2.45, 2.75) is 39.2 Å². The fourth-order valence-electron chi connectivity index (χ4n) is 3.74. The van der Waals surface area contributed by atoms with Crippen molar-refractivity contribution in [3.05, 3.63) is 47.3 Å². The van der Waals surface area contributed by atoms with Gasteiger partial charge in [0, 0.05) is 39.8 Å². The predicted octanol–water partition coefficient (Wildman–Crippen LogP) is 3.87. The number of aromatic amines is 2. The van der Waals surface area contributed by atoms with Crippen LogP contribution < -0.4 is 5.32 Å². The van der Waals surface area contributed by atoms with E-state index in [0.717, 1.165) is 58.2 Å².